The fraction of sp³-hybridized carbons (Fsp3) is 0.611. The number of anilines is 1. The average Bonchev–Trinajstić information content (AvgIpc) is 2.62. The third-order valence-corrected chi connectivity index (χ3v) is 5.21. The number of hydrogen-bond acceptors (Lipinski definition) is 5. The number of aromatic nitrogens is 2. The van der Waals surface area contributed by atoms with Crippen LogP contribution in [-0.4, -0.2) is 33.5 Å². The van der Waals surface area contributed by atoms with Crippen molar-refractivity contribution < 1.29 is 0 Å². The predicted octanol–water partition coefficient (Wildman–Crippen LogP) is 2.67. The molecule has 3 aliphatic rings. The Hall–Kier alpha value is -2.11. The molecule has 0 bridgehead atoms. The van der Waals surface area contributed by atoms with Gasteiger partial charge in [-0.2, -0.15) is 0 Å². The molecule has 2 aliphatic heterocycles. The second kappa shape index (κ2) is 6.42. The fourth-order valence-electron chi connectivity index (χ4n) is 3.94. The standard InChI is InChI=1S/C18H25N5O/c1-13-12-15(24)23-16(14-8-4-2-5-9-14)20-17(21-18(23)19-13)22-10-6-3-7-11-22/h2,4,12,14,16H,3,5-11H2,1H3,(H,19,20,21)/t14-,16+/m0/s1. The highest BCUT2D eigenvalue weighted by Crippen LogP contribution is 2.34. The van der Waals surface area contributed by atoms with Crippen LogP contribution in [0.25, 0.3) is 0 Å². The minimum absolute atomic E-state index is 0.00834. The summed E-state index contributed by atoms with van der Waals surface area (Å²) in [5.74, 6) is 1.90. The lowest BCUT2D eigenvalue weighted by Crippen LogP contribution is -2.46. The second-order valence-corrected chi connectivity index (χ2v) is 7.01. The van der Waals surface area contributed by atoms with Crippen molar-refractivity contribution in [1.82, 2.24) is 14.5 Å². The summed E-state index contributed by atoms with van der Waals surface area (Å²) in [6.45, 7) is 3.92. The quantitative estimate of drug-likeness (QED) is 0.806. The van der Waals surface area contributed by atoms with Crippen molar-refractivity contribution in [1.29, 1.82) is 0 Å². The molecule has 2 atom stereocenters. The first-order chi connectivity index (χ1) is 11.7. The Labute approximate surface area is 142 Å². The zero-order valence-corrected chi connectivity index (χ0v) is 14.2. The summed E-state index contributed by atoms with van der Waals surface area (Å²) in [5, 5.41) is 3.33. The first-order valence-corrected chi connectivity index (χ1v) is 9.07. The van der Waals surface area contributed by atoms with Crippen molar-refractivity contribution in [2.75, 3.05) is 18.4 Å². The number of nitrogens with zero attached hydrogens (tertiary/aromatic N) is 4. The van der Waals surface area contributed by atoms with Gasteiger partial charge >= 0.3 is 0 Å². The number of aryl methyl sites for hydroxylation is 1. The third kappa shape index (κ3) is 2.85. The average molecular weight is 327 g/mol. The number of rotatable bonds is 1. The largest absolute Gasteiger partial charge is 0.343 e. The summed E-state index contributed by atoms with van der Waals surface area (Å²) in [7, 11) is 0. The Morgan fingerprint density at radius 3 is 2.79 bits per heavy atom. The van der Waals surface area contributed by atoms with Crippen molar-refractivity contribution in [3.63, 3.8) is 0 Å². The van der Waals surface area contributed by atoms with Crippen molar-refractivity contribution in [3.8, 4) is 0 Å². The van der Waals surface area contributed by atoms with Gasteiger partial charge in [-0.3, -0.25) is 14.7 Å². The van der Waals surface area contributed by atoms with Crippen LogP contribution in [0.15, 0.2) is 28.0 Å². The molecular weight excluding hydrogens is 302 g/mol. The number of guanidine groups is 1. The van der Waals surface area contributed by atoms with E-state index in [-0.39, 0.29) is 11.7 Å². The maximum atomic E-state index is 12.6. The first kappa shape index (κ1) is 15.4. The summed E-state index contributed by atoms with van der Waals surface area (Å²) < 4.78 is 1.75. The lowest BCUT2D eigenvalue weighted by atomic mass is 9.91. The topological polar surface area (TPSA) is 62.5 Å². The van der Waals surface area contributed by atoms with Crippen molar-refractivity contribution >= 4 is 11.9 Å². The van der Waals surface area contributed by atoms with Gasteiger partial charge in [0, 0.05) is 30.8 Å². The zero-order chi connectivity index (χ0) is 16.5. The Morgan fingerprint density at radius 1 is 1.21 bits per heavy atom. The highest BCUT2D eigenvalue weighted by molar-refractivity contribution is 5.93. The third-order valence-electron chi connectivity index (χ3n) is 5.21. The van der Waals surface area contributed by atoms with Crippen LogP contribution in [0, 0.1) is 12.8 Å². The van der Waals surface area contributed by atoms with Crippen LogP contribution in [0.3, 0.4) is 0 Å². The second-order valence-electron chi connectivity index (χ2n) is 7.01. The van der Waals surface area contributed by atoms with Crippen LogP contribution >= 0.6 is 0 Å². The molecule has 0 radical (unpaired) electrons. The molecule has 0 unspecified atom stereocenters. The van der Waals surface area contributed by atoms with E-state index in [1.165, 1.54) is 19.3 Å². The van der Waals surface area contributed by atoms with E-state index >= 15 is 0 Å². The maximum Gasteiger partial charge on any atom is 0.256 e. The van der Waals surface area contributed by atoms with Gasteiger partial charge < -0.3 is 4.90 Å². The molecule has 6 nitrogen and oxygen atoms in total. The minimum atomic E-state index is -0.149. The van der Waals surface area contributed by atoms with Crippen LogP contribution in [-0.2, 0) is 0 Å². The highest BCUT2D eigenvalue weighted by Gasteiger charge is 2.32. The van der Waals surface area contributed by atoms with Crippen molar-refractivity contribution in [3.05, 3.63) is 34.3 Å². The molecule has 0 amide bonds. The summed E-state index contributed by atoms with van der Waals surface area (Å²) >= 11 is 0. The van der Waals surface area contributed by atoms with E-state index in [4.69, 9.17) is 4.99 Å². The SMILES string of the molecule is Cc1cc(=O)n2c(n1)NC(N1CCCCC1)=N[C@H]2[C@H]1CC=CCC1. The summed E-state index contributed by atoms with van der Waals surface area (Å²) in [5.41, 5.74) is 0.743. The van der Waals surface area contributed by atoms with Crippen molar-refractivity contribution in [2.24, 2.45) is 10.9 Å². The minimum Gasteiger partial charge on any atom is -0.343 e. The van der Waals surface area contributed by atoms with Gasteiger partial charge in [-0.05, 0) is 45.4 Å². The van der Waals surface area contributed by atoms with E-state index in [1.54, 1.807) is 10.6 Å². The number of nitrogens with one attached hydrogen (secondary N) is 1. The molecule has 4 rings (SSSR count). The number of hydrogen-bond donors (Lipinski definition) is 1. The monoisotopic (exact) mass is 327 g/mol. The van der Waals surface area contributed by atoms with Gasteiger partial charge in [0.05, 0.1) is 0 Å². The first-order valence-electron chi connectivity index (χ1n) is 9.07. The summed E-state index contributed by atoms with van der Waals surface area (Å²) in [6, 6.07) is 1.61. The molecule has 0 saturated carbocycles. The number of piperidine rings is 1. The number of fused-ring (bicyclic) bond motifs is 1. The lowest BCUT2D eigenvalue weighted by molar-refractivity contribution is 0.289. The number of allylic oxidation sites excluding steroid dienone is 2. The van der Waals surface area contributed by atoms with Gasteiger partial charge in [-0.25, -0.2) is 9.98 Å². The maximum absolute atomic E-state index is 12.6. The molecule has 0 aromatic carbocycles. The Morgan fingerprint density at radius 2 is 2.04 bits per heavy atom. The van der Waals surface area contributed by atoms with Crippen LogP contribution < -0.4 is 10.9 Å². The predicted molar refractivity (Wildman–Crippen MR) is 95.2 cm³/mol. The van der Waals surface area contributed by atoms with E-state index < -0.39 is 0 Å². The van der Waals surface area contributed by atoms with E-state index in [2.05, 4.69) is 27.4 Å². The number of aliphatic imine (C=N–C) groups is 1. The fourth-order valence-corrected chi connectivity index (χ4v) is 3.94. The molecule has 24 heavy (non-hydrogen) atoms. The van der Waals surface area contributed by atoms with Gasteiger partial charge in [0.25, 0.3) is 5.56 Å². The van der Waals surface area contributed by atoms with Gasteiger partial charge in [0.1, 0.15) is 6.17 Å². The molecular formula is C18H25N5O. The van der Waals surface area contributed by atoms with E-state index in [9.17, 15) is 4.79 Å². The van der Waals surface area contributed by atoms with E-state index in [1.807, 2.05) is 6.92 Å². The van der Waals surface area contributed by atoms with Gasteiger partial charge in [0.2, 0.25) is 11.9 Å². The normalized spacial score (nSPS) is 26.5. The molecule has 3 heterocycles. The smallest absolute Gasteiger partial charge is 0.256 e. The molecule has 1 aromatic heterocycles. The van der Waals surface area contributed by atoms with Crippen LogP contribution in [0.1, 0.15) is 50.4 Å². The van der Waals surface area contributed by atoms with Crippen LogP contribution in [0.5, 0.6) is 0 Å². The molecule has 1 fully saturated rings. The molecule has 6 heteroatoms. The van der Waals surface area contributed by atoms with E-state index in [0.29, 0.717) is 11.9 Å². The van der Waals surface area contributed by atoms with Crippen LogP contribution in [0.2, 0.25) is 0 Å². The zero-order valence-electron chi connectivity index (χ0n) is 14.2. The molecule has 1 aromatic rings. The molecule has 128 valence electrons. The van der Waals surface area contributed by atoms with E-state index in [0.717, 1.165) is 44.0 Å². The Bertz CT molecular complexity index is 729. The van der Waals surface area contributed by atoms with Gasteiger partial charge in [0.15, 0.2) is 0 Å². The van der Waals surface area contributed by atoms with Gasteiger partial charge in [-0.1, -0.05) is 12.2 Å². The van der Waals surface area contributed by atoms with Crippen LogP contribution in [0.4, 0.5) is 5.95 Å². The summed E-state index contributed by atoms with van der Waals surface area (Å²) in [6.07, 6.45) is 11.1. The van der Waals surface area contributed by atoms with Gasteiger partial charge in [-0.15, -0.1) is 0 Å². The molecule has 1 N–H and O–H groups in total. The summed E-state index contributed by atoms with van der Waals surface area (Å²) in [4.78, 5) is 24.5. The Kier molecular flexibility index (Phi) is 4.12. The lowest BCUT2D eigenvalue weighted by Gasteiger charge is -2.37. The molecule has 0 spiro atoms. The number of likely N-dealkylation sites (tertiary alicyclic amines) is 1. The highest BCUT2D eigenvalue weighted by atomic mass is 16.1. The molecule has 1 saturated heterocycles. The molecule has 1 aliphatic carbocycles. The van der Waals surface area contributed by atoms with Crippen molar-refractivity contribution in [2.45, 2.75) is 51.6 Å². The Balaban J connectivity index is 1.74.